The second kappa shape index (κ2) is 3.74. The van der Waals surface area contributed by atoms with Gasteiger partial charge < -0.3 is 4.42 Å². The number of hydrogen-bond donors (Lipinski definition) is 0. The molecule has 0 radical (unpaired) electrons. The molecule has 0 aliphatic heterocycles. The molecule has 0 amide bonds. The lowest BCUT2D eigenvalue weighted by atomic mass is 10.1. The Morgan fingerprint density at radius 3 is 3.18 bits per heavy atom. The van der Waals surface area contributed by atoms with Crippen LogP contribution in [0.5, 0.6) is 0 Å². The highest BCUT2D eigenvalue weighted by molar-refractivity contribution is 5.33. The monoisotopic (exact) mass is 151 g/mol. The summed E-state index contributed by atoms with van der Waals surface area (Å²) in [6.07, 6.45) is 3.10. The molecule has 3 nitrogen and oxygen atoms in total. The molecule has 1 rings (SSSR count). The summed E-state index contributed by atoms with van der Waals surface area (Å²) in [5.74, 6) is 1.01. The van der Waals surface area contributed by atoms with E-state index in [1.807, 2.05) is 19.1 Å². The molecule has 11 heavy (non-hydrogen) atoms. The maximum Gasteiger partial charge on any atom is 0.234 e. The molecular formula is C8H9NO2. The van der Waals surface area contributed by atoms with Crippen molar-refractivity contribution in [3.63, 3.8) is 0 Å². The number of rotatable bonds is 3. The normalized spacial score (nSPS) is 12.1. The predicted molar refractivity (Wildman–Crippen MR) is 40.1 cm³/mol. The van der Waals surface area contributed by atoms with Gasteiger partial charge in [0.15, 0.2) is 0 Å². The molecule has 0 aliphatic rings. The van der Waals surface area contributed by atoms with Crippen molar-refractivity contribution in [1.82, 2.24) is 0 Å². The lowest BCUT2D eigenvalue weighted by Crippen LogP contribution is -1.94. The van der Waals surface area contributed by atoms with Crippen LogP contribution in [0.1, 0.15) is 18.6 Å². The van der Waals surface area contributed by atoms with E-state index in [4.69, 9.17) is 4.42 Å². The first kappa shape index (κ1) is 7.76. The van der Waals surface area contributed by atoms with Crippen LogP contribution in [0.15, 0.2) is 27.8 Å². The van der Waals surface area contributed by atoms with E-state index in [0.717, 1.165) is 5.76 Å². The molecule has 0 spiro atoms. The van der Waals surface area contributed by atoms with E-state index in [1.165, 1.54) is 6.08 Å². The highest BCUT2D eigenvalue weighted by atomic mass is 16.3. The fraction of sp³-hybridized carbons (Fsp3) is 0.375. The molecule has 1 aromatic heterocycles. The van der Waals surface area contributed by atoms with E-state index in [9.17, 15) is 4.79 Å². The minimum absolute atomic E-state index is 0.159. The molecule has 1 atom stereocenters. The molecule has 0 aromatic carbocycles. The molecular weight excluding hydrogens is 142 g/mol. The Morgan fingerprint density at radius 2 is 2.64 bits per heavy atom. The fourth-order valence-electron chi connectivity index (χ4n) is 0.836. The maximum absolute atomic E-state index is 9.76. The maximum atomic E-state index is 9.76. The number of carbonyl (C=O) groups excluding carboxylic acids is 1. The van der Waals surface area contributed by atoms with Crippen LogP contribution in [0.4, 0.5) is 0 Å². The lowest BCUT2D eigenvalue weighted by molar-refractivity contribution is 0.476. The van der Waals surface area contributed by atoms with E-state index >= 15 is 0 Å². The first-order chi connectivity index (χ1) is 5.34. The van der Waals surface area contributed by atoms with Crippen LogP contribution >= 0.6 is 0 Å². The van der Waals surface area contributed by atoms with Gasteiger partial charge >= 0.3 is 0 Å². The van der Waals surface area contributed by atoms with Crippen molar-refractivity contribution in [2.45, 2.75) is 12.8 Å². The average Bonchev–Trinajstić information content (AvgIpc) is 2.52. The van der Waals surface area contributed by atoms with Crippen molar-refractivity contribution in [2.75, 3.05) is 6.54 Å². The molecule has 0 saturated carbocycles. The standard InChI is InChI=1S/C8H9NO2/c1-7(5-9-6-10)8-3-2-4-11-8/h2-4,7H,5H2,1H3. The van der Waals surface area contributed by atoms with Crippen molar-refractivity contribution in [1.29, 1.82) is 0 Å². The molecule has 3 heteroatoms. The third-order valence-corrected chi connectivity index (χ3v) is 1.46. The number of furan rings is 1. The van der Waals surface area contributed by atoms with E-state index in [1.54, 1.807) is 6.26 Å². The van der Waals surface area contributed by atoms with E-state index in [-0.39, 0.29) is 5.92 Å². The van der Waals surface area contributed by atoms with Crippen LogP contribution in [0.2, 0.25) is 0 Å². The highest BCUT2D eigenvalue weighted by Gasteiger charge is 2.05. The first-order valence-electron chi connectivity index (χ1n) is 3.41. The van der Waals surface area contributed by atoms with Gasteiger partial charge in [-0.2, -0.15) is 0 Å². The lowest BCUT2D eigenvalue weighted by Gasteiger charge is -2.00. The van der Waals surface area contributed by atoms with Crippen LogP contribution in [0.25, 0.3) is 0 Å². The SMILES string of the molecule is CC(CN=C=O)c1ccco1. The van der Waals surface area contributed by atoms with E-state index < -0.39 is 0 Å². The van der Waals surface area contributed by atoms with Gasteiger partial charge in [-0.1, -0.05) is 6.92 Å². The van der Waals surface area contributed by atoms with Gasteiger partial charge in [0.2, 0.25) is 6.08 Å². The number of hydrogen-bond acceptors (Lipinski definition) is 3. The van der Waals surface area contributed by atoms with Crippen molar-refractivity contribution in [3.8, 4) is 0 Å². The average molecular weight is 151 g/mol. The summed E-state index contributed by atoms with van der Waals surface area (Å²) in [5.41, 5.74) is 0. The minimum Gasteiger partial charge on any atom is -0.469 e. The van der Waals surface area contributed by atoms with Crippen LogP contribution in [-0.2, 0) is 4.79 Å². The first-order valence-corrected chi connectivity index (χ1v) is 3.41. The summed E-state index contributed by atoms with van der Waals surface area (Å²) in [4.78, 5) is 13.2. The zero-order valence-corrected chi connectivity index (χ0v) is 6.28. The summed E-state index contributed by atoms with van der Waals surface area (Å²) < 4.78 is 5.10. The van der Waals surface area contributed by atoms with Crippen LogP contribution in [-0.4, -0.2) is 12.6 Å². The molecule has 1 aromatic rings. The molecule has 0 bridgehead atoms. The second-order valence-electron chi connectivity index (χ2n) is 2.35. The fourth-order valence-corrected chi connectivity index (χ4v) is 0.836. The molecule has 58 valence electrons. The van der Waals surface area contributed by atoms with Crippen molar-refractivity contribution in [2.24, 2.45) is 4.99 Å². The van der Waals surface area contributed by atoms with Gasteiger partial charge in [0.1, 0.15) is 5.76 Å². The Balaban J connectivity index is 2.55. The van der Waals surface area contributed by atoms with Crippen molar-refractivity contribution < 1.29 is 9.21 Å². The molecule has 0 aliphatic carbocycles. The van der Waals surface area contributed by atoms with Crippen LogP contribution in [0.3, 0.4) is 0 Å². The molecule has 0 saturated heterocycles. The number of isocyanates is 1. The zero-order chi connectivity index (χ0) is 8.10. The van der Waals surface area contributed by atoms with Gasteiger partial charge in [-0.25, -0.2) is 9.79 Å². The summed E-state index contributed by atoms with van der Waals surface area (Å²) in [6, 6.07) is 3.68. The summed E-state index contributed by atoms with van der Waals surface area (Å²) in [6.45, 7) is 2.39. The summed E-state index contributed by atoms with van der Waals surface area (Å²) in [7, 11) is 0. The predicted octanol–water partition coefficient (Wildman–Crippen LogP) is 1.72. The largest absolute Gasteiger partial charge is 0.469 e. The molecule has 1 unspecified atom stereocenters. The van der Waals surface area contributed by atoms with Crippen molar-refractivity contribution in [3.05, 3.63) is 24.2 Å². The van der Waals surface area contributed by atoms with Gasteiger partial charge in [-0.05, 0) is 12.1 Å². The Morgan fingerprint density at radius 1 is 1.82 bits per heavy atom. The topological polar surface area (TPSA) is 42.6 Å². The van der Waals surface area contributed by atoms with Crippen LogP contribution in [0, 0.1) is 0 Å². The second-order valence-corrected chi connectivity index (χ2v) is 2.35. The third kappa shape index (κ3) is 2.06. The van der Waals surface area contributed by atoms with Gasteiger partial charge in [0, 0.05) is 5.92 Å². The number of aliphatic imine (C=N–C) groups is 1. The Hall–Kier alpha value is -1.34. The van der Waals surface area contributed by atoms with E-state index in [0.29, 0.717) is 6.54 Å². The minimum atomic E-state index is 0.159. The number of nitrogens with zero attached hydrogens (tertiary/aromatic N) is 1. The Bertz CT molecular complexity index is 247. The third-order valence-electron chi connectivity index (χ3n) is 1.46. The molecule has 0 N–H and O–H groups in total. The van der Waals surface area contributed by atoms with Gasteiger partial charge in [-0.15, -0.1) is 0 Å². The quantitative estimate of drug-likeness (QED) is 0.487. The van der Waals surface area contributed by atoms with Crippen molar-refractivity contribution >= 4 is 6.08 Å². The smallest absolute Gasteiger partial charge is 0.234 e. The van der Waals surface area contributed by atoms with E-state index in [2.05, 4.69) is 4.99 Å². The zero-order valence-electron chi connectivity index (χ0n) is 6.28. The molecule has 1 heterocycles. The Kier molecular flexibility index (Phi) is 2.64. The van der Waals surface area contributed by atoms with Crippen LogP contribution < -0.4 is 0 Å². The van der Waals surface area contributed by atoms with Gasteiger partial charge in [0.25, 0.3) is 0 Å². The molecule has 0 fully saturated rings. The highest BCUT2D eigenvalue weighted by Crippen LogP contribution is 2.14. The van der Waals surface area contributed by atoms with Gasteiger partial charge in [0.05, 0.1) is 12.8 Å². The van der Waals surface area contributed by atoms with Gasteiger partial charge in [-0.3, -0.25) is 0 Å². The Labute approximate surface area is 64.7 Å². The summed E-state index contributed by atoms with van der Waals surface area (Å²) >= 11 is 0. The summed E-state index contributed by atoms with van der Waals surface area (Å²) in [5, 5.41) is 0.